The van der Waals surface area contributed by atoms with Crippen LogP contribution >= 0.6 is 0 Å². The maximum absolute atomic E-state index is 13.6. The summed E-state index contributed by atoms with van der Waals surface area (Å²) in [5, 5.41) is 0. The number of anilines is 1. The molecule has 112 valence electrons. The second-order valence-electron chi connectivity index (χ2n) is 4.89. The molecule has 3 nitrogen and oxygen atoms in total. The van der Waals surface area contributed by atoms with E-state index in [9.17, 15) is 13.6 Å². The number of halogens is 2. The lowest BCUT2D eigenvalue weighted by molar-refractivity contribution is 0.0308. The van der Waals surface area contributed by atoms with Gasteiger partial charge < -0.3 is 10.5 Å². The quantitative estimate of drug-likeness (QED) is 0.467. The van der Waals surface area contributed by atoms with E-state index in [4.69, 9.17) is 10.5 Å². The summed E-state index contributed by atoms with van der Waals surface area (Å²) < 4.78 is 32.2. The number of ether oxygens (including phenoxy) is 1. The van der Waals surface area contributed by atoms with Gasteiger partial charge in [-0.15, -0.1) is 0 Å². The second-order valence-corrected chi connectivity index (χ2v) is 4.89. The van der Waals surface area contributed by atoms with Crippen LogP contribution in [0.4, 0.5) is 14.5 Å². The predicted octanol–water partition coefficient (Wildman–Crippen LogP) is 4.06. The molecule has 1 aromatic rings. The minimum Gasteiger partial charge on any atom is -0.459 e. The fourth-order valence-corrected chi connectivity index (χ4v) is 1.91. The molecule has 0 amide bonds. The van der Waals surface area contributed by atoms with Crippen LogP contribution in [0.1, 0.15) is 56.3 Å². The van der Waals surface area contributed by atoms with Gasteiger partial charge in [0.05, 0.1) is 11.8 Å². The van der Waals surface area contributed by atoms with Gasteiger partial charge in [-0.1, -0.05) is 26.2 Å². The van der Waals surface area contributed by atoms with Gasteiger partial charge in [-0.3, -0.25) is 0 Å². The Labute approximate surface area is 118 Å². The van der Waals surface area contributed by atoms with Gasteiger partial charge in [0.2, 0.25) is 0 Å². The molecule has 2 N–H and O–H groups in total. The minimum atomic E-state index is -1.06. The Balaban J connectivity index is 2.61. The number of benzene rings is 1. The largest absolute Gasteiger partial charge is 0.459 e. The normalized spacial score (nSPS) is 12.2. The zero-order valence-electron chi connectivity index (χ0n) is 11.9. The molecular weight excluding hydrogens is 264 g/mol. The molecule has 1 unspecified atom stereocenters. The van der Waals surface area contributed by atoms with Crippen molar-refractivity contribution >= 4 is 11.7 Å². The van der Waals surface area contributed by atoms with Crippen LogP contribution in [0.25, 0.3) is 0 Å². The van der Waals surface area contributed by atoms with Gasteiger partial charge in [-0.05, 0) is 31.9 Å². The molecule has 20 heavy (non-hydrogen) atoms. The van der Waals surface area contributed by atoms with Crippen LogP contribution in [0, 0.1) is 11.6 Å². The lowest BCUT2D eigenvalue weighted by atomic mass is 10.1. The van der Waals surface area contributed by atoms with E-state index < -0.39 is 23.2 Å². The van der Waals surface area contributed by atoms with Gasteiger partial charge in [0, 0.05) is 0 Å². The molecule has 0 aliphatic carbocycles. The highest BCUT2D eigenvalue weighted by molar-refractivity contribution is 5.91. The number of carbonyl (C=O) groups excluding carboxylic acids is 1. The topological polar surface area (TPSA) is 52.3 Å². The molecule has 0 aromatic heterocycles. The third-order valence-corrected chi connectivity index (χ3v) is 3.10. The average molecular weight is 285 g/mol. The first kappa shape index (κ1) is 16.4. The van der Waals surface area contributed by atoms with E-state index in [1.165, 1.54) is 0 Å². The lowest BCUT2D eigenvalue weighted by Crippen LogP contribution is -2.18. The van der Waals surface area contributed by atoms with Crippen LogP contribution in [0.3, 0.4) is 0 Å². The highest BCUT2D eigenvalue weighted by Crippen LogP contribution is 2.20. The predicted molar refractivity (Wildman–Crippen MR) is 74.4 cm³/mol. The fourth-order valence-electron chi connectivity index (χ4n) is 1.91. The van der Waals surface area contributed by atoms with Crippen LogP contribution in [-0.4, -0.2) is 12.1 Å². The Hall–Kier alpha value is -1.65. The summed E-state index contributed by atoms with van der Waals surface area (Å²) in [6, 6.07) is 2.04. The summed E-state index contributed by atoms with van der Waals surface area (Å²) in [6.07, 6.45) is 4.52. The molecule has 1 rings (SSSR count). The summed E-state index contributed by atoms with van der Waals surface area (Å²) in [6.45, 7) is 3.82. The van der Waals surface area contributed by atoms with Gasteiger partial charge in [0.15, 0.2) is 5.82 Å². The molecule has 0 fully saturated rings. The molecule has 0 radical (unpaired) electrons. The zero-order valence-corrected chi connectivity index (χ0v) is 11.9. The maximum Gasteiger partial charge on any atom is 0.344 e. The second kappa shape index (κ2) is 7.82. The van der Waals surface area contributed by atoms with Gasteiger partial charge >= 0.3 is 5.97 Å². The third kappa shape index (κ3) is 4.47. The van der Waals surface area contributed by atoms with E-state index in [1.54, 1.807) is 6.92 Å². The Bertz CT molecular complexity index is 463. The molecule has 0 aliphatic rings. The van der Waals surface area contributed by atoms with E-state index >= 15 is 0 Å². The van der Waals surface area contributed by atoms with Crippen molar-refractivity contribution in [3.05, 3.63) is 29.3 Å². The number of nitrogens with two attached hydrogens (primary N) is 1. The molecule has 0 saturated carbocycles. The van der Waals surface area contributed by atoms with Crippen molar-refractivity contribution in [1.82, 2.24) is 0 Å². The molecule has 5 heteroatoms. The van der Waals surface area contributed by atoms with Crippen molar-refractivity contribution in [3.63, 3.8) is 0 Å². The molecule has 0 heterocycles. The Morgan fingerprint density at radius 2 is 2.00 bits per heavy atom. The lowest BCUT2D eigenvalue weighted by Gasteiger charge is -2.14. The van der Waals surface area contributed by atoms with E-state index in [-0.39, 0.29) is 11.8 Å². The molecule has 1 atom stereocenters. The van der Waals surface area contributed by atoms with Crippen LogP contribution in [0.5, 0.6) is 0 Å². The number of hydrogen-bond acceptors (Lipinski definition) is 3. The Morgan fingerprint density at radius 3 is 2.65 bits per heavy atom. The van der Waals surface area contributed by atoms with E-state index in [0.29, 0.717) is 6.42 Å². The summed E-state index contributed by atoms with van der Waals surface area (Å²) in [5.74, 6) is -3.02. The Kier molecular flexibility index (Phi) is 6.42. The van der Waals surface area contributed by atoms with Crippen LogP contribution in [0.2, 0.25) is 0 Å². The fraction of sp³-hybridized carbons (Fsp3) is 0.533. The summed E-state index contributed by atoms with van der Waals surface area (Å²) in [4.78, 5) is 11.8. The number of esters is 1. The van der Waals surface area contributed by atoms with Crippen molar-refractivity contribution in [2.24, 2.45) is 0 Å². The maximum atomic E-state index is 13.6. The monoisotopic (exact) mass is 285 g/mol. The van der Waals surface area contributed by atoms with Gasteiger partial charge in [0.25, 0.3) is 0 Å². The number of rotatable bonds is 7. The third-order valence-electron chi connectivity index (χ3n) is 3.10. The standard InChI is InChI=1S/C15H21F2NO2/c1-3-4-5-6-7-10(2)20-15(19)13-11(16)8-9-12(18)14(13)17/h8-10H,3-7,18H2,1-2H3. The SMILES string of the molecule is CCCCCCC(C)OC(=O)c1c(F)ccc(N)c1F. The molecule has 1 aromatic carbocycles. The number of hydrogen-bond donors (Lipinski definition) is 1. The van der Waals surface area contributed by atoms with E-state index in [0.717, 1.165) is 37.8 Å². The van der Waals surface area contributed by atoms with E-state index in [2.05, 4.69) is 6.92 Å². The summed E-state index contributed by atoms with van der Waals surface area (Å²) in [7, 11) is 0. The van der Waals surface area contributed by atoms with Crippen molar-refractivity contribution in [2.75, 3.05) is 5.73 Å². The first-order chi connectivity index (χ1) is 9.47. The van der Waals surface area contributed by atoms with Crippen molar-refractivity contribution in [3.8, 4) is 0 Å². The van der Waals surface area contributed by atoms with Gasteiger partial charge in [-0.2, -0.15) is 0 Å². The molecule has 0 aliphatic heterocycles. The smallest absolute Gasteiger partial charge is 0.344 e. The van der Waals surface area contributed by atoms with Gasteiger partial charge in [-0.25, -0.2) is 13.6 Å². The number of unbranched alkanes of at least 4 members (excludes halogenated alkanes) is 3. The van der Waals surface area contributed by atoms with Gasteiger partial charge in [0.1, 0.15) is 11.4 Å². The molecule has 0 spiro atoms. The van der Waals surface area contributed by atoms with Crippen LogP contribution in [-0.2, 0) is 4.74 Å². The van der Waals surface area contributed by atoms with Crippen molar-refractivity contribution in [2.45, 2.75) is 52.1 Å². The summed E-state index contributed by atoms with van der Waals surface area (Å²) >= 11 is 0. The van der Waals surface area contributed by atoms with Crippen molar-refractivity contribution in [1.29, 1.82) is 0 Å². The molecule has 0 saturated heterocycles. The highest BCUT2D eigenvalue weighted by atomic mass is 19.1. The first-order valence-corrected chi connectivity index (χ1v) is 6.91. The minimum absolute atomic E-state index is 0.269. The average Bonchev–Trinajstić information content (AvgIpc) is 2.39. The van der Waals surface area contributed by atoms with Crippen LogP contribution in [0.15, 0.2) is 12.1 Å². The first-order valence-electron chi connectivity index (χ1n) is 6.91. The Morgan fingerprint density at radius 1 is 1.30 bits per heavy atom. The van der Waals surface area contributed by atoms with E-state index in [1.807, 2.05) is 0 Å². The highest BCUT2D eigenvalue weighted by Gasteiger charge is 2.22. The summed E-state index contributed by atoms with van der Waals surface area (Å²) in [5.41, 5.74) is 4.34. The van der Waals surface area contributed by atoms with Crippen LogP contribution < -0.4 is 5.73 Å². The molecular formula is C15H21F2NO2. The number of carbonyl (C=O) groups is 1. The van der Waals surface area contributed by atoms with Crippen molar-refractivity contribution < 1.29 is 18.3 Å². The number of nitrogen functional groups attached to an aromatic ring is 1. The molecule has 0 bridgehead atoms. The zero-order chi connectivity index (χ0) is 15.1.